The number of hydrogen-bond donors (Lipinski definition) is 0. The van der Waals surface area contributed by atoms with Crippen LogP contribution in [0.2, 0.25) is 0 Å². The van der Waals surface area contributed by atoms with Gasteiger partial charge in [0.2, 0.25) is 0 Å². The largest absolute Gasteiger partial charge is 0.251 e. The summed E-state index contributed by atoms with van der Waals surface area (Å²) in [6, 6.07) is 2.27. The van der Waals surface area contributed by atoms with Crippen molar-refractivity contribution >= 4 is 0 Å². The van der Waals surface area contributed by atoms with Gasteiger partial charge in [-0.25, -0.2) is 13.2 Å². The molecule has 0 aliphatic heterocycles. The van der Waals surface area contributed by atoms with Crippen LogP contribution >= 0.6 is 0 Å². The van der Waals surface area contributed by atoms with E-state index < -0.39 is 17.5 Å². The molecule has 0 unspecified atom stereocenters. The van der Waals surface area contributed by atoms with Crippen molar-refractivity contribution in [2.75, 3.05) is 6.67 Å². The van der Waals surface area contributed by atoms with E-state index in [9.17, 15) is 17.6 Å². The number of halogens is 4. The second-order valence-corrected chi connectivity index (χ2v) is 9.13. The quantitative estimate of drug-likeness (QED) is 0.176. The number of benzene rings is 1. The molecular formula is C25H34F4. The lowest BCUT2D eigenvalue weighted by molar-refractivity contribution is 0.152. The van der Waals surface area contributed by atoms with Crippen molar-refractivity contribution in [2.45, 2.75) is 77.0 Å². The number of alkyl halides is 1. The molecule has 0 saturated heterocycles. The van der Waals surface area contributed by atoms with Crippen molar-refractivity contribution in [3.63, 3.8) is 0 Å². The van der Waals surface area contributed by atoms with Crippen molar-refractivity contribution in [3.05, 3.63) is 47.3 Å². The van der Waals surface area contributed by atoms with Gasteiger partial charge < -0.3 is 0 Å². The predicted octanol–water partition coefficient (Wildman–Crippen LogP) is 7.96. The Bertz CT molecular complexity index is 630. The fourth-order valence-electron chi connectivity index (χ4n) is 5.36. The van der Waals surface area contributed by atoms with Crippen LogP contribution in [-0.4, -0.2) is 6.67 Å². The minimum atomic E-state index is -1.38. The molecule has 0 amide bonds. The SMILES string of the molecule is FCCC/C=C/[C@H]1CC[C@H](C2CCC(CCc3cc(F)c(F)c(F)c3)CC2)CC1. The van der Waals surface area contributed by atoms with Gasteiger partial charge in [-0.05, 0) is 106 Å². The van der Waals surface area contributed by atoms with E-state index in [4.69, 9.17) is 0 Å². The maximum atomic E-state index is 13.4. The molecule has 162 valence electrons. The van der Waals surface area contributed by atoms with Gasteiger partial charge in [0.05, 0.1) is 6.67 Å². The van der Waals surface area contributed by atoms with Crippen LogP contribution in [0.15, 0.2) is 24.3 Å². The fourth-order valence-corrected chi connectivity index (χ4v) is 5.36. The van der Waals surface area contributed by atoms with Crippen LogP contribution in [0.3, 0.4) is 0 Å². The summed E-state index contributed by atoms with van der Waals surface area (Å²) in [6.07, 6.45) is 17.6. The molecule has 3 rings (SSSR count). The molecule has 2 saturated carbocycles. The highest BCUT2D eigenvalue weighted by Gasteiger charge is 2.30. The van der Waals surface area contributed by atoms with Gasteiger partial charge in [-0.1, -0.05) is 25.0 Å². The summed E-state index contributed by atoms with van der Waals surface area (Å²) in [5.41, 5.74) is 0.557. The van der Waals surface area contributed by atoms with Crippen LogP contribution in [0.1, 0.15) is 76.2 Å². The Hall–Kier alpha value is -1.32. The number of allylic oxidation sites excluding steroid dienone is 2. The highest BCUT2D eigenvalue weighted by atomic mass is 19.2. The zero-order valence-corrected chi connectivity index (χ0v) is 17.3. The normalized spacial score (nSPS) is 28.1. The lowest BCUT2D eigenvalue weighted by Crippen LogP contribution is -2.25. The second kappa shape index (κ2) is 11.2. The summed E-state index contributed by atoms with van der Waals surface area (Å²) in [5, 5.41) is 0. The summed E-state index contributed by atoms with van der Waals surface area (Å²) in [7, 11) is 0. The van der Waals surface area contributed by atoms with Crippen LogP contribution in [-0.2, 0) is 6.42 Å². The molecule has 0 N–H and O–H groups in total. The van der Waals surface area contributed by atoms with Crippen molar-refractivity contribution in [1.29, 1.82) is 0 Å². The third kappa shape index (κ3) is 6.58. The summed E-state index contributed by atoms with van der Waals surface area (Å²) < 4.78 is 51.9. The fraction of sp³-hybridized carbons (Fsp3) is 0.680. The monoisotopic (exact) mass is 410 g/mol. The first-order chi connectivity index (χ1) is 14.1. The van der Waals surface area contributed by atoms with Crippen molar-refractivity contribution in [1.82, 2.24) is 0 Å². The molecule has 29 heavy (non-hydrogen) atoms. The van der Waals surface area contributed by atoms with E-state index in [0.717, 1.165) is 36.8 Å². The molecule has 0 nitrogen and oxygen atoms in total. The van der Waals surface area contributed by atoms with Crippen LogP contribution in [0.5, 0.6) is 0 Å². The highest BCUT2D eigenvalue weighted by molar-refractivity contribution is 5.19. The second-order valence-electron chi connectivity index (χ2n) is 9.13. The first-order valence-corrected chi connectivity index (χ1v) is 11.4. The summed E-state index contributed by atoms with van der Waals surface area (Å²) >= 11 is 0. The van der Waals surface area contributed by atoms with Crippen LogP contribution in [0.25, 0.3) is 0 Å². The molecule has 1 aromatic rings. The van der Waals surface area contributed by atoms with E-state index in [2.05, 4.69) is 12.2 Å². The minimum absolute atomic E-state index is 0.225. The summed E-state index contributed by atoms with van der Waals surface area (Å²) in [4.78, 5) is 0. The van der Waals surface area contributed by atoms with Gasteiger partial charge in [0.1, 0.15) is 0 Å². The van der Waals surface area contributed by atoms with E-state index in [0.29, 0.717) is 30.2 Å². The maximum absolute atomic E-state index is 13.4. The lowest BCUT2D eigenvalue weighted by Gasteiger charge is -2.37. The average molecular weight is 411 g/mol. The zero-order valence-electron chi connectivity index (χ0n) is 17.3. The highest BCUT2D eigenvalue weighted by Crippen LogP contribution is 2.42. The topological polar surface area (TPSA) is 0 Å². The van der Waals surface area contributed by atoms with Gasteiger partial charge in [0, 0.05) is 0 Å². The molecule has 0 atom stereocenters. The van der Waals surface area contributed by atoms with E-state index >= 15 is 0 Å². The van der Waals surface area contributed by atoms with Crippen LogP contribution in [0, 0.1) is 41.1 Å². The van der Waals surface area contributed by atoms with Gasteiger partial charge in [0.25, 0.3) is 0 Å². The first-order valence-electron chi connectivity index (χ1n) is 11.4. The molecule has 0 heterocycles. The Kier molecular flexibility index (Phi) is 8.62. The smallest absolute Gasteiger partial charge is 0.194 e. The van der Waals surface area contributed by atoms with E-state index in [1.54, 1.807) is 0 Å². The van der Waals surface area contributed by atoms with Crippen molar-refractivity contribution < 1.29 is 17.6 Å². The Morgan fingerprint density at radius 2 is 1.41 bits per heavy atom. The Labute approximate surface area is 172 Å². The molecule has 2 fully saturated rings. The average Bonchev–Trinajstić information content (AvgIpc) is 2.74. The summed E-state index contributed by atoms with van der Waals surface area (Å²) in [6.45, 7) is -0.225. The number of aryl methyl sites for hydroxylation is 1. The van der Waals surface area contributed by atoms with Crippen molar-refractivity contribution in [2.24, 2.45) is 23.7 Å². The maximum Gasteiger partial charge on any atom is 0.194 e. The van der Waals surface area contributed by atoms with Crippen LogP contribution in [0.4, 0.5) is 17.6 Å². The Balaban J connectivity index is 1.36. The van der Waals surface area contributed by atoms with E-state index in [-0.39, 0.29) is 6.67 Å². The molecule has 2 aliphatic carbocycles. The molecular weight excluding hydrogens is 376 g/mol. The number of rotatable bonds is 8. The van der Waals surface area contributed by atoms with Gasteiger partial charge in [-0.2, -0.15) is 0 Å². The molecule has 2 aliphatic rings. The Morgan fingerprint density at radius 3 is 2.00 bits per heavy atom. The van der Waals surface area contributed by atoms with Gasteiger partial charge in [-0.15, -0.1) is 0 Å². The van der Waals surface area contributed by atoms with Crippen molar-refractivity contribution in [3.8, 4) is 0 Å². The third-order valence-electron chi connectivity index (χ3n) is 7.17. The molecule has 0 spiro atoms. The third-order valence-corrected chi connectivity index (χ3v) is 7.17. The molecule has 0 aromatic heterocycles. The first kappa shape index (κ1) is 22.4. The molecule has 0 bridgehead atoms. The standard InChI is InChI=1S/C25H34F4/c26-15-3-1-2-4-18-7-11-21(12-8-18)22-13-9-19(10-14-22)5-6-20-16-23(27)25(29)24(28)17-20/h2,4,16-19,21-22H,1,3,5-15H2/b4-2+/t18-,19?,21-,22?. The minimum Gasteiger partial charge on any atom is -0.251 e. The molecule has 4 heteroatoms. The predicted molar refractivity (Wildman–Crippen MR) is 110 cm³/mol. The Morgan fingerprint density at radius 1 is 0.828 bits per heavy atom. The molecule has 0 radical (unpaired) electrons. The van der Waals surface area contributed by atoms with Gasteiger partial charge in [0.15, 0.2) is 17.5 Å². The number of hydrogen-bond acceptors (Lipinski definition) is 0. The van der Waals surface area contributed by atoms with Crippen LogP contribution < -0.4 is 0 Å². The van der Waals surface area contributed by atoms with Gasteiger partial charge in [-0.3, -0.25) is 4.39 Å². The van der Waals surface area contributed by atoms with Gasteiger partial charge >= 0.3 is 0 Å². The molecule has 1 aromatic carbocycles. The summed E-state index contributed by atoms with van der Waals surface area (Å²) in [5.74, 6) is -0.599. The zero-order chi connectivity index (χ0) is 20.6. The van der Waals surface area contributed by atoms with E-state index in [1.165, 1.54) is 51.4 Å². The number of unbranched alkanes of at least 4 members (excludes halogenated alkanes) is 1. The van der Waals surface area contributed by atoms with E-state index in [1.807, 2.05) is 0 Å². The lowest BCUT2D eigenvalue weighted by atomic mass is 9.68.